The summed E-state index contributed by atoms with van der Waals surface area (Å²) < 4.78 is 23.1. The first kappa shape index (κ1) is 19.7. The summed E-state index contributed by atoms with van der Waals surface area (Å²) in [5.41, 5.74) is 2.27. The van der Waals surface area contributed by atoms with Crippen molar-refractivity contribution >= 4 is 33.2 Å². The smallest absolute Gasteiger partial charge is 0.234 e. The second kappa shape index (κ2) is 8.38. The molecule has 1 aliphatic rings. The summed E-state index contributed by atoms with van der Waals surface area (Å²) in [4.78, 5) is 17.0. The van der Waals surface area contributed by atoms with Gasteiger partial charge in [-0.15, -0.1) is 11.8 Å². The summed E-state index contributed by atoms with van der Waals surface area (Å²) in [6.07, 6.45) is 0.608. The number of aromatic amines is 1. The number of carbonyl (C=O) groups is 1. The summed E-state index contributed by atoms with van der Waals surface area (Å²) in [6, 6.07) is 17.0. The molecular formula is C20H20N4O3S2. The Labute approximate surface area is 173 Å². The maximum Gasteiger partial charge on any atom is 0.234 e. The minimum Gasteiger partial charge on any atom is -0.325 e. The molecule has 0 spiro atoms. The molecule has 0 radical (unpaired) electrons. The molecule has 9 heteroatoms. The molecule has 1 fully saturated rings. The van der Waals surface area contributed by atoms with Gasteiger partial charge in [-0.05, 0) is 18.6 Å². The van der Waals surface area contributed by atoms with Crippen molar-refractivity contribution < 1.29 is 13.2 Å². The highest BCUT2D eigenvalue weighted by Crippen LogP contribution is 2.28. The zero-order valence-electron chi connectivity index (χ0n) is 15.5. The van der Waals surface area contributed by atoms with Gasteiger partial charge in [0.05, 0.1) is 22.9 Å². The number of nitrogens with zero attached hydrogens (tertiary/aromatic N) is 2. The van der Waals surface area contributed by atoms with Crippen LogP contribution in [0.2, 0.25) is 0 Å². The van der Waals surface area contributed by atoms with Gasteiger partial charge in [0.1, 0.15) is 0 Å². The van der Waals surface area contributed by atoms with Gasteiger partial charge in [-0.2, -0.15) is 5.10 Å². The van der Waals surface area contributed by atoms with Crippen LogP contribution in [0.15, 0.2) is 54.6 Å². The lowest BCUT2D eigenvalue weighted by molar-refractivity contribution is -0.113. The van der Waals surface area contributed by atoms with E-state index in [1.165, 1.54) is 11.8 Å². The molecular weight excluding hydrogens is 408 g/mol. The zero-order chi connectivity index (χ0) is 20.3. The molecule has 7 nitrogen and oxygen atoms in total. The van der Waals surface area contributed by atoms with Crippen LogP contribution in [0.1, 0.15) is 6.42 Å². The van der Waals surface area contributed by atoms with Crippen LogP contribution in [0.4, 0.5) is 5.69 Å². The molecule has 1 amide bonds. The van der Waals surface area contributed by atoms with Gasteiger partial charge in [-0.3, -0.25) is 9.89 Å². The van der Waals surface area contributed by atoms with Crippen molar-refractivity contribution in [2.45, 2.75) is 11.7 Å². The Morgan fingerprint density at radius 3 is 2.66 bits per heavy atom. The van der Waals surface area contributed by atoms with Gasteiger partial charge in [0.2, 0.25) is 5.91 Å². The summed E-state index contributed by atoms with van der Waals surface area (Å²) >= 11 is 1.39. The number of amides is 1. The third-order valence-corrected chi connectivity index (χ3v) is 7.90. The van der Waals surface area contributed by atoms with Gasteiger partial charge in [0, 0.05) is 16.4 Å². The predicted octanol–water partition coefficient (Wildman–Crippen LogP) is 3.00. The molecule has 2 heterocycles. The first-order chi connectivity index (χ1) is 14.0. The fourth-order valence-corrected chi connectivity index (χ4v) is 6.61. The van der Waals surface area contributed by atoms with Crippen LogP contribution in [0, 0.1) is 0 Å². The number of rotatable bonds is 6. The molecule has 2 aromatic carbocycles. The van der Waals surface area contributed by atoms with Crippen LogP contribution in [-0.4, -0.2) is 52.0 Å². The number of thioether (sulfide) groups is 1. The maximum atomic E-state index is 12.4. The molecule has 1 saturated heterocycles. The molecule has 3 aromatic rings. The predicted molar refractivity (Wildman–Crippen MR) is 115 cm³/mol. The van der Waals surface area contributed by atoms with E-state index in [0.717, 1.165) is 11.1 Å². The fraction of sp³-hybridized carbons (Fsp3) is 0.250. The van der Waals surface area contributed by atoms with Crippen molar-refractivity contribution in [2.75, 3.05) is 22.6 Å². The first-order valence-corrected chi connectivity index (χ1v) is 12.1. The van der Waals surface area contributed by atoms with E-state index in [2.05, 4.69) is 20.5 Å². The molecule has 1 atom stereocenters. The average Bonchev–Trinajstić information content (AvgIpc) is 3.34. The Morgan fingerprint density at radius 1 is 1.14 bits per heavy atom. The van der Waals surface area contributed by atoms with E-state index in [1.54, 1.807) is 0 Å². The van der Waals surface area contributed by atoms with Gasteiger partial charge in [0.25, 0.3) is 0 Å². The van der Waals surface area contributed by atoms with Gasteiger partial charge >= 0.3 is 0 Å². The topological polar surface area (TPSA) is 105 Å². The van der Waals surface area contributed by atoms with E-state index in [0.29, 0.717) is 23.8 Å². The molecule has 1 aliphatic heterocycles. The number of carbonyl (C=O) groups excluding carboxylic acids is 1. The van der Waals surface area contributed by atoms with Crippen LogP contribution < -0.4 is 5.32 Å². The third kappa shape index (κ3) is 4.86. The lowest BCUT2D eigenvalue weighted by Crippen LogP contribution is -2.17. The minimum atomic E-state index is -2.94. The summed E-state index contributed by atoms with van der Waals surface area (Å²) in [6.45, 7) is 0. The van der Waals surface area contributed by atoms with Crippen molar-refractivity contribution in [3.63, 3.8) is 0 Å². The number of para-hydroxylation sites is 1. The minimum absolute atomic E-state index is 0.0105. The van der Waals surface area contributed by atoms with Crippen molar-refractivity contribution in [3.8, 4) is 22.8 Å². The third-order valence-electron chi connectivity index (χ3n) is 4.61. The summed E-state index contributed by atoms with van der Waals surface area (Å²) in [7, 11) is -2.94. The number of hydrogen-bond acceptors (Lipinski definition) is 6. The molecule has 29 heavy (non-hydrogen) atoms. The highest BCUT2D eigenvalue weighted by atomic mass is 32.2. The van der Waals surface area contributed by atoms with Gasteiger partial charge in [-0.25, -0.2) is 13.4 Å². The van der Waals surface area contributed by atoms with E-state index in [4.69, 9.17) is 0 Å². The lowest BCUT2D eigenvalue weighted by Gasteiger charge is -2.11. The molecule has 2 N–H and O–H groups in total. The number of aromatic nitrogens is 3. The van der Waals surface area contributed by atoms with E-state index in [1.807, 2.05) is 54.6 Å². The second-order valence-electron chi connectivity index (χ2n) is 6.80. The van der Waals surface area contributed by atoms with Crippen LogP contribution in [0.3, 0.4) is 0 Å². The standard InChI is InChI=1S/C20H20N4O3S2/c25-18(12-28-15-10-11-29(26,27)13-15)21-17-9-5-4-8-16(17)20-22-19(23-24-20)14-6-2-1-3-7-14/h1-9,15H,10-13H2,(H,21,25)(H,22,23,24). The SMILES string of the molecule is O=C(CSC1CCS(=O)(=O)C1)Nc1ccccc1-c1nc(-c2ccccc2)n[nH]1. The highest BCUT2D eigenvalue weighted by Gasteiger charge is 2.28. The average molecular weight is 429 g/mol. The Bertz CT molecular complexity index is 1110. The van der Waals surface area contributed by atoms with Gasteiger partial charge < -0.3 is 5.32 Å². The lowest BCUT2D eigenvalue weighted by atomic mass is 10.1. The highest BCUT2D eigenvalue weighted by molar-refractivity contribution is 8.02. The molecule has 1 unspecified atom stereocenters. The van der Waals surface area contributed by atoms with E-state index < -0.39 is 9.84 Å². The fourth-order valence-electron chi connectivity index (χ4n) is 3.17. The van der Waals surface area contributed by atoms with E-state index in [9.17, 15) is 13.2 Å². The number of anilines is 1. The Hall–Kier alpha value is -2.65. The monoisotopic (exact) mass is 428 g/mol. The Morgan fingerprint density at radius 2 is 1.90 bits per heavy atom. The number of hydrogen-bond donors (Lipinski definition) is 2. The maximum absolute atomic E-state index is 12.4. The van der Waals surface area contributed by atoms with Crippen LogP contribution in [-0.2, 0) is 14.6 Å². The molecule has 150 valence electrons. The van der Waals surface area contributed by atoms with Crippen LogP contribution >= 0.6 is 11.8 Å². The second-order valence-corrected chi connectivity index (χ2v) is 10.3. The summed E-state index contributed by atoms with van der Waals surface area (Å²) in [5.74, 6) is 1.55. The van der Waals surface area contributed by atoms with Gasteiger partial charge in [-0.1, -0.05) is 42.5 Å². The molecule has 0 aliphatic carbocycles. The van der Waals surface area contributed by atoms with E-state index in [-0.39, 0.29) is 28.4 Å². The molecule has 0 bridgehead atoms. The van der Waals surface area contributed by atoms with E-state index >= 15 is 0 Å². The van der Waals surface area contributed by atoms with Gasteiger partial charge in [0.15, 0.2) is 21.5 Å². The van der Waals surface area contributed by atoms with Crippen LogP contribution in [0.5, 0.6) is 0 Å². The Kier molecular flexibility index (Phi) is 5.68. The van der Waals surface area contributed by atoms with Crippen molar-refractivity contribution in [1.29, 1.82) is 0 Å². The zero-order valence-corrected chi connectivity index (χ0v) is 17.2. The summed E-state index contributed by atoms with van der Waals surface area (Å²) in [5, 5.41) is 10.1. The first-order valence-electron chi connectivity index (χ1n) is 9.19. The quantitative estimate of drug-likeness (QED) is 0.625. The van der Waals surface area contributed by atoms with Crippen molar-refractivity contribution in [3.05, 3.63) is 54.6 Å². The number of H-pyrrole nitrogens is 1. The van der Waals surface area contributed by atoms with Crippen LogP contribution in [0.25, 0.3) is 22.8 Å². The molecule has 0 saturated carbocycles. The molecule has 4 rings (SSSR count). The normalized spacial score (nSPS) is 17.9. The molecule has 1 aromatic heterocycles. The number of benzene rings is 2. The van der Waals surface area contributed by atoms with Crippen molar-refractivity contribution in [2.24, 2.45) is 0 Å². The number of sulfone groups is 1. The largest absolute Gasteiger partial charge is 0.325 e. The number of nitrogens with one attached hydrogen (secondary N) is 2. The van der Waals surface area contributed by atoms with Crippen molar-refractivity contribution in [1.82, 2.24) is 15.2 Å². The Balaban J connectivity index is 1.45.